The molecular weight excluding hydrogens is 364 g/mol. The van der Waals surface area contributed by atoms with Crippen LogP contribution in [0, 0.1) is 0 Å². The summed E-state index contributed by atoms with van der Waals surface area (Å²) in [6.45, 7) is 8.99. The molecule has 1 aliphatic heterocycles. The van der Waals surface area contributed by atoms with Gasteiger partial charge in [0.25, 0.3) is 0 Å². The third-order valence-corrected chi connectivity index (χ3v) is 6.20. The third kappa shape index (κ3) is 4.45. The van der Waals surface area contributed by atoms with Gasteiger partial charge in [0, 0.05) is 28.8 Å². The number of morpholine rings is 1. The van der Waals surface area contributed by atoms with Gasteiger partial charge in [0.1, 0.15) is 5.82 Å². The zero-order valence-corrected chi connectivity index (χ0v) is 16.4. The first-order chi connectivity index (χ1) is 12.8. The van der Waals surface area contributed by atoms with Crippen LogP contribution in [-0.4, -0.2) is 44.2 Å². The summed E-state index contributed by atoms with van der Waals surface area (Å²) in [6.07, 6.45) is 0. The van der Waals surface area contributed by atoms with Crippen molar-refractivity contribution < 1.29 is 13.2 Å². The SMILES string of the molecule is C=C(C)S(=O)(=O)Cc1cc(N2CCOC[C@@H]2C)nc(-c2ccc(N)cc2)n1. The highest BCUT2D eigenvalue weighted by molar-refractivity contribution is 7.94. The lowest BCUT2D eigenvalue weighted by atomic mass is 10.2. The molecule has 1 aromatic heterocycles. The van der Waals surface area contributed by atoms with Crippen molar-refractivity contribution >= 4 is 21.3 Å². The third-order valence-electron chi connectivity index (χ3n) is 4.47. The van der Waals surface area contributed by atoms with E-state index in [0.717, 1.165) is 5.56 Å². The van der Waals surface area contributed by atoms with E-state index < -0.39 is 9.84 Å². The minimum atomic E-state index is -3.47. The molecule has 1 saturated heterocycles. The summed E-state index contributed by atoms with van der Waals surface area (Å²) in [4.78, 5) is 11.4. The number of nitrogens with zero attached hydrogens (tertiary/aromatic N) is 3. The van der Waals surface area contributed by atoms with Crippen LogP contribution in [0.25, 0.3) is 11.4 Å². The molecule has 144 valence electrons. The molecule has 1 atom stereocenters. The van der Waals surface area contributed by atoms with Crippen molar-refractivity contribution in [3.8, 4) is 11.4 Å². The Morgan fingerprint density at radius 3 is 2.67 bits per heavy atom. The van der Waals surface area contributed by atoms with Crippen molar-refractivity contribution in [1.29, 1.82) is 0 Å². The summed E-state index contributed by atoms with van der Waals surface area (Å²) in [5, 5.41) is 0. The predicted molar refractivity (Wildman–Crippen MR) is 107 cm³/mol. The second kappa shape index (κ2) is 7.66. The van der Waals surface area contributed by atoms with Gasteiger partial charge in [-0.15, -0.1) is 0 Å². The summed E-state index contributed by atoms with van der Waals surface area (Å²) in [5.74, 6) is 0.955. The van der Waals surface area contributed by atoms with E-state index in [1.54, 1.807) is 18.2 Å². The molecule has 27 heavy (non-hydrogen) atoms. The zero-order valence-electron chi connectivity index (χ0n) is 15.6. The number of aromatic nitrogens is 2. The molecule has 3 rings (SSSR count). The van der Waals surface area contributed by atoms with Gasteiger partial charge < -0.3 is 15.4 Å². The van der Waals surface area contributed by atoms with Crippen LogP contribution >= 0.6 is 0 Å². The molecule has 7 nitrogen and oxygen atoms in total. The number of nitrogens with two attached hydrogens (primary N) is 1. The largest absolute Gasteiger partial charge is 0.399 e. The Hall–Kier alpha value is -2.45. The predicted octanol–water partition coefficient (Wildman–Crippen LogP) is 2.40. The van der Waals surface area contributed by atoms with E-state index >= 15 is 0 Å². The number of sulfone groups is 1. The molecule has 1 fully saturated rings. The summed E-state index contributed by atoms with van der Waals surface area (Å²) in [6, 6.07) is 9.07. The molecule has 1 aromatic carbocycles. The van der Waals surface area contributed by atoms with Crippen LogP contribution in [-0.2, 0) is 20.3 Å². The van der Waals surface area contributed by atoms with Crippen molar-refractivity contribution in [2.24, 2.45) is 0 Å². The summed E-state index contributed by atoms with van der Waals surface area (Å²) in [7, 11) is -3.47. The molecule has 0 saturated carbocycles. The van der Waals surface area contributed by atoms with Gasteiger partial charge in [-0.1, -0.05) is 6.58 Å². The van der Waals surface area contributed by atoms with Crippen LogP contribution in [0.15, 0.2) is 41.8 Å². The van der Waals surface area contributed by atoms with Crippen molar-refractivity contribution in [3.05, 3.63) is 47.5 Å². The molecule has 0 radical (unpaired) electrons. The fourth-order valence-corrected chi connectivity index (χ4v) is 3.63. The molecule has 2 N–H and O–H groups in total. The lowest BCUT2D eigenvalue weighted by Gasteiger charge is -2.34. The minimum absolute atomic E-state index is 0.122. The van der Waals surface area contributed by atoms with Crippen LogP contribution in [0.3, 0.4) is 0 Å². The number of anilines is 2. The fourth-order valence-electron chi connectivity index (χ4n) is 2.85. The highest BCUT2D eigenvalue weighted by Gasteiger charge is 2.23. The van der Waals surface area contributed by atoms with E-state index in [1.807, 2.05) is 12.1 Å². The molecule has 8 heteroatoms. The van der Waals surface area contributed by atoms with Gasteiger partial charge in [-0.2, -0.15) is 0 Å². The average Bonchev–Trinajstić information content (AvgIpc) is 2.62. The van der Waals surface area contributed by atoms with Crippen molar-refractivity contribution in [3.63, 3.8) is 0 Å². The molecule has 0 amide bonds. The molecule has 1 aliphatic rings. The molecule has 0 spiro atoms. The fraction of sp³-hybridized carbons (Fsp3) is 0.368. The number of rotatable bonds is 5. The van der Waals surface area contributed by atoms with E-state index in [-0.39, 0.29) is 16.7 Å². The van der Waals surface area contributed by atoms with Crippen LogP contribution < -0.4 is 10.6 Å². The second-order valence-corrected chi connectivity index (χ2v) is 8.96. The van der Waals surface area contributed by atoms with Crippen LogP contribution in [0.5, 0.6) is 0 Å². The first-order valence-corrected chi connectivity index (χ1v) is 10.4. The van der Waals surface area contributed by atoms with Crippen LogP contribution in [0.2, 0.25) is 0 Å². The number of allylic oxidation sites excluding steroid dienone is 1. The first-order valence-electron chi connectivity index (χ1n) is 8.73. The Bertz CT molecular complexity index is 942. The monoisotopic (exact) mass is 388 g/mol. The van der Waals surface area contributed by atoms with E-state index in [2.05, 4.69) is 28.4 Å². The first kappa shape index (κ1) is 19.3. The molecule has 0 bridgehead atoms. The smallest absolute Gasteiger partial charge is 0.179 e. The molecule has 0 unspecified atom stereocenters. The van der Waals surface area contributed by atoms with Gasteiger partial charge in [-0.25, -0.2) is 18.4 Å². The van der Waals surface area contributed by atoms with Crippen molar-refractivity contribution in [2.75, 3.05) is 30.4 Å². The highest BCUT2D eigenvalue weighted by Crippen LogP contribution is 2.25. The zero-order chi connectivity index (χ0) is 19.6. The Balaban J connectivity index is 2.07. The van der Waals surface area contributed by atoms with Crippen LogP contribution in [0.4, 0.5) is 11.5 Å². The van der Waals surface area contributed by atoms with E-state index in [4.69, 9.17) is 10.5 Å². The Kier molecular flexibility index (Phi) is 5.48. The number of hydrogen-bond donors (Lipinski definition) is 1. The van der Waals surface area contributed by atoms with Crippen molar-refractivity contribution in [1.82, 2.24) is 9.97 Å². The van der Waals surface area contributed by atoms with Crippen LogP contribution in [0.1, 0.15) is 19.5 Å². The Morgan fingerprint density at radius 1 is 1.33 bits per heavy atom. The number of benzene rings is 1. The topological polar surface area (TPSA) is 98.4 Å². The van der Waals surface area contributed by atoms with Gasteiger partial charge >= 0.3 is 0 Å². The summed E-state index contributed by atoms with van der Waals surface area (Å²) < 4.78 is 30.2. The average molecular weight is 388 g/mol. The van der Waals surface area contributed by atoms with Gasteiger partial charge in [0.2, 0.25) is 0 Å². The van der Waals surface area contributed by atoms with Gasteiger partial charge in [-0.3, -0.25) is 0 Å². The van der Waals surface area contributed by atoms with E-state index in [1.165, 1.54) is 6.92 Å². The van der Waals surface area contributed by atoms with Gasteiger partial charge in [-0.05, 0) is 38.1 Å². The minimum Gasteiger partial charge on any atom is -0.399 e. The van der Waals surface area contributed by atoms with Gasteiger partial charge in [0.05, 0.1) is 30.7 Å². The lowest BCUT2D eigenvalue weighted by molar-refractivity contribution is 0.0985. The Morgan fingerprint density at radius 2 is 2.04 bits per heavy atom. The number of ether oxygens (including phenoxy) is 1. The van der Waals surface area contributed by atoms with Gasteiger partial charge in [0.15, 0.2) is 15.7 Å². The quantitative estimate of drug-likeness (QED) is 0.785. The maximum absolute atomic E-state index is 12.3. The van der Waals surface area contributed by atoms with E-state index in [0.29, 0.717) is 42.8 Å². The normalized spacial score (nSPS) is 17.7. The molecular formula is C19H24N4O3S. The molecule has 2 heterocycles. The highest BCUT2D eigenvalue weighted by atomic mass is 32.2. The summed E-state index contributed by atoms with van der Waals surface area (Å²) >= 11 is 0. The van der Waals surface area contributed by atoms with Crippen molar-refractivity contribution in [2.45, 2.75) is 25.6 Å². The summed E-state index contributed by atoms with van der Waals surface area (Å²) in [5.41, 5.74) is 7.62. The Labute approximate surface area is 159 Å². The number of hydrogen-bond acceptors (Lipinski definition) is 7. The maximum atomic E-state index is 12.3. The number of nitrogen functional groups attached to an aromatic ring is 1. The van der Waals surface area contributed by atoms with E-state index in [9.17, 15) is 8.42 Å². The molecule has 0 aliphatic carbocycles. The maximum Gasteiger partial charge on any atom is 0.179 e. The molecule has 2 aromatic rings. The second-order valence-electron chi connectivity index (χ2n) is 6.74. The lowest BCUT2D eigenvalue weighted by Crippen LogP contribution is -2.44. The standard InChI is InChI=1S/C19H24N4O3S/c1-13(2)27(24,25)12-17-10-18(23-8-9-26-11-14(23)3)22-19(21-17)15-4-6-16(20)7-5-15/h4-7,10,14H,1,8-9,11-12,20H2,2-3H3/t14-/m0/s1.